The van der Waals surface area contributed by atoms with Crippen molar-refractivity contribution in [3.05, 3.63) is 23.8 Å². The molecule has 1 atom stereocenters. The van der Waals surface area contributed by atoms with E-state index in [1.165, 1.54) is 7.11 Å². The van der Waals surface area contributed by atoms with Crippen molar-refractivity contribution in [2.24, 2.45) is 0 Å². The largest absolute Gasteiger partial charge is 0.497 e. The number of ether oxygens (including phenoxy) is 2. The van der Waals surface area contributed by atoms with Crippen LogP contribution in [0.3, 0.4) is 0 Å². The highest BCUT2D eigenvalue weighted by Gasteiger charge is 2.31. The second-order valence-corrected chi connectivity index (χ2v) is 4.53. The molecule has 2 amide bonds. The van der Waals surface area contributed by atoms with E-state index in [4.69, 9.17) is 9.47 Å². The van der Waals surface area contributed by atoms with Crippen LogP contribution in [-0.2, 0) is 4.79 Å². The van der Waals surface area contributed by atoms with Crippen molar-refractivity contribution < 1.29 is 19.1 Å². The van der Waals surface area contributed by atoms with Crippen LogP contribution in [-0.4, -0.2) is 50.1 Å². The molecular weight excluding hydrogens is 260 g/mol. The summed E-state index contributed by atoms with van der Waals surface area (Å²) in [4.78, 5) is 25.7. The van der Waals surface area contributed by atoms with Crippen LogP contribution in [0.4, 0.5) is 0 Å². The fraction of sp³-hybridized carbons (Fsp3) is 0.429. The van der Waals surface area contributed by atoms with Gasteiger partial charge in [0.25, 0.3) is 5.91 Å². The molecule has 1 aromatic rings. The first-order chi connectivity index (χ1) is 9.58. The van der Waals surface area contributed by atoms with Gasteiger partial charge in [0.1, 0.15) is 17.5 Å². The summed E-state index contributed by atoms with van der Waals surface area (Å²) in [5.41, 5.74) is 0.426. The molecule has 6 nitrogen and oxygen atoms in total. The van der Waals surface area contributed by atoms with Crippen molar-refractivity contribution >= 4 is 11.8 Å². The molecule has 6 heteroatoms. The maximum atomic E-state index is 12.6. The highest BCUT2D eigenvalue weighted by Crippen LogP contribution is 2.26. The van der Waals surface area contributed by atoms with Gasteiger partial charge < -0.3 is 19.7 Å². The zero-order valence-electron chi connectivity index (χ0n) is 11.8. The van der Waals surface area contributed by atoms with Gasteiger partial charge in [-0.2, -0.15) is 0 Å². The minimum absolute atomic E-state index is 0.142. The highest BCUT2D eigenvalue weighted by atomic mass is 16.5. The first kappa shape index (κ1) is 14.2. The molecule has 1 N–H and O–H groups in total. The van der Waals surface area contributed by atoms with E-state index in [2.05, 4.69) is 5.32 Å². The van der Waals surface area contributed by atoms with Gasteiger partial charge in [0.2, 0.25) is 5.91 Å². The third-order valence-corrected chi connectivity index (χ3v) is 3.40. The Kier molecular flexibility index (Phi) is 4.12. The van der Waals surface area contributed by atoms with E-state index in [1.807, 2.05) is 0 Å². The molecule has 1 aromatic carbocycles. The molecule has 1 heterocycles. The van der Waals surface area contributed by atoms with Crippen molar-refractivity contribution in [3.63, 3.8) is 0 Å². The summed E-state index contributed by atoms with van der Waals surface area (Å²) in [5, 5.41) is 2.73. The summed E-state index contributed by atoms with van der Waals surface area (Å²) in [5.74, 6) is 0.694. The average Bonchev–Trinajstić information content (AvgIpc) is 2.48. The molecule has 1 unspecified atom stereocenters. The lowest BCUT2D eigenvalue weighted by Gasteiger charge is -2.33. The first-order valence-electron chi connectivity index (χ1n) is 6.39. The van der Waals surface area contributed by atoms with Crippen molar-refractivity contribution in [1.82, 2.24) is 10.2 Å². The molecule has 0 aliphatic carbocycles. The van der Waals surface area contributed by atoms with Crippen LogP contribution < -0.4 is 14.8 Å². The lowest BCUT2D eigenvalue weighted by atomic mass is 10.1. The van der Waals surface area contributed by atoms with E-state index in [-0.39, 0.29) is 11.8 Å². The van der Waals surface area contributed by atoms with Gasteiger partial charge in [-0.15, -0.1) is 0 Å². The molecule has 1 aliphatic rings. The van der Waals surface area contributed by atoms with Crippen molar-refractivity contribution in [2.75, 3.05) is 27.3 Å². The quantitative estimate of drug-likeness (QED) is 0.882. The molecule has 2 rings (SSSR count). The van der Waals surface area contributed by atoms with Gasteiger partial charge in [-0.3, -0.25) is 9.59 Å². The number of nitrogens with zero attached hydrogens (tertiary/aromatic N) is 1. The number of nitrogens with one attached hydrogen (secondary N) is 1. The predicted molar refractivity (Wildman–Crippen MR) is 73.1 cm³/mol. The van der Waals surface area contributed by atoms with Crippen LogP contribution >= 0.6 is 0 Å². The van der Waals surface area contributed by atoms with Gasteiger partial charge in [-0.1, -0.05) is 0 Å². The number of rotatable bonds is 3. The Hall–Kier alpha value is -2.24. The SMILES string of the molecule is COc1ccc(C(=O)N2CCNC(=O)C2C)c(OC)c1. The Labute approximate surface area is 117 Å². The number of carbonyl (C=O) groups is 2. The van der Waals surface area contributed by atoms with E-state index in [0.717, 1.165) is 0 Å². The van der Waals surface area contributed by atoms with Crippen LogP contribution in [0.1, 0.15) is 17.3 Å². The third kappa shape index (κ3) is 2.54. The first-order valence-corrected chi connectivity index (χ1v) is 6.39. The Morgan fingerprint density at radius 3 is 2.75 bits per heavy atom. The van der Waals surface area contributed by atoms with Crippen LogP contribution in [0.2, 0.25) is 0 Å². The number of methoxy groups -OCH3 is 2. The molecule has 0 radical (unpaired) electrons. The second-order valence-electron chi connectivity index (χ2n) is 4.53. The molecular formula is C14H18N2O4. The Morgan fingerprint density at radius 1 is 1.35 bits per heavy atom. The molecule has 20 heavy (non-hydrogen) atoms. The van der Waals surface area contributed by atoms with Gasteiger partial charge in [0.05, 0.1) is 19.8 Å². The van der Waals surface area contributed by atoms with Gasteiger partial charge in [-0.25, -0.2) is 0 Å². The van der Waals surface area contributed by atoms with E-state index < -0.39 is 6.04 Å². The van der Waals surface area contributed by atoms with Crippen molar-refractivity contribution in [1.29, 1.82) is 0 Å². The summed E-state index contributed by atoms with van der Waals surface area (Å²) in [6, 6.07) is 4.52. The van der Waals surface area contributed by atoms with E-state index >= 15 is 0 Å². The Morgan fingerprint density at radius 2 is 2.10 bits per heavy atom. The zero-order chi connectivity index (χ0) is 14.7. The summed E-state index contributed by atoms with van der Waals surface area (Å²) in [6.07, 6.45) is 0. The molecule has 108 valence electrons. The summed E-state index contributed by atoms with van der Waals surface area (Å²) >= 11 is 0. The fourth-order valence-electron chi connectivity index (χ4n) is 2.19. The minimum atomic E-state index is -0.483. The normalized spacial score (nSPS) is 18.4. The lowest BCUT2D eigenvalue weighted by molar-refractivity contribution is -0.127. The smallest absolute Gasteiger partial charge is 0.258 e. The number of hydrogen-bond donors (Lipinski definition) is 1. The van der Waals surface area contributed by atoms with Crippen molar-refractivity contribution in [3.8, 4) is 11.5 Å². The number of piperazine rings is 1. The lowest BCUT2D eigenvalue weighted by Crippen LogP contribution is -2.55. The Balaban J connectivity index is 2.30. The van der Waals surface area contributed by atoms with Crippen LogP contribution in [0.25, 0.3) is 0 Å². The van der Waals surface area contributed by atoms with Gasteiger partial charge in [0, 0.05) is 19.2 Å². The van der Waals surface area contributed by atoms with Gasteiger partial charge >= 0.3 is 0 Å². The van der Waals surface area contributed by atoms with E-state index in [1.54, 1.807) is 37.1 Å². The predicted octanol–water partition coefficient (Wildman–Crippen LogP) is 0.664. The van der Waals surface area contributed by atoms with Crippen molar-refractivity contribution in [2.45, 2.75) is 13.0 Å². The average molecular weight is 278 g/mol. The molecule has 1 aliphatic heterocycles. The minimum Gasteiger partial charge on any atom is -0.497 e. The Bertz CT molecular complexity index is 530. The molecule has 1 saturated heterocycles. The maximum absolute atomic E-state index is 12.6. The zero-order valence-corrected chi connectivity index (χ0v) is 11.8. The molecule has 0 saturated carbocycles. The standard InChI is InChI=1S/C14H18N2O4/c1-9-13(17)15-6-7-16(9)14(18)11-5-4-10(19-2)8-12(11)20-3/h4-5,8-9H,6-7H2,1-3H3,(H,15,17). The van der Waals surface area contributed by atoms with Crippen LogP contribution in [0.5, 0.6) is 11.5 Å². The van der Waals surface area contributed by atoms with Crippen LogP contribution in [0, 0.1) is 0 Å². The maximum Gasteiger partial charge on any atom is 0.258 e. The number of hydrogen-bond acceptors (Lipinski definition) is 4. The molecule has 0 spiro atoms. The summed E-state index contributed by atoms with van der Waals surface area (Å²) in [7, 11) is 3.05. The fourth-order valence-corrected chi connectivity index (χ4v) is 2.19. The van der Waals surface area contributed by atoms with E-state index in [0.29, 0.717) is 30.2 Å². The monoisotopic (exact) mass is 278 g/mol. The van der Waals surface area contributed by atoms with Gasteiger partial charge in [0.15, 0.2) is 0 Å². The highest BCUT2D eigenvalue weighted by molar-refractivity contribution is 6.00. The summed E-state index contributed by atoms with van der Waals surface area (Å²) < 4.78 is 10.3. The second kappa shape index (κ2) is 5.81. The molecule has 0 bridgehead atoms. The van der Waals surface area contributed by atoms with Gasteiger partial charge in [-0.05, 0) is 19.1 Å². The van der Waals surface area contributed by atoms with E-state index in [9.17, 15) is 9.59 Å². The molecule has 0 aromatic heterocycles. The number of benzene rings is 1. The topological polar surface area (TPSA) is 67.9 Å². The summed E-state index contributed by atoms with van der Waals surface area (Å²) in [6.45, 7) is 2.66. The third-order valence-electron chi connectivity index (χ3n) is 3.40. The number of amides is 2. The van der Waals surface area contributed by atoms with Crippen LogP contribution in [0.15, 0.2) is 18.2 Å². The number of carbonyl (C=O) groups excluding carboxylic acids is 2. The molecule has 1 fully saturated rings.